The van der Waals surface area contributed by atoms with Gasteiger partial charge in [-0.05, 0) is 32.2 Å². The van der Waals surface area contributed by atoms with Crippen molar-refractivity contribution in [2.24, 2.45) is 0 Å². The van der Waals surface area contributed by atoms with Crippen molar-refractivity contribution < 1.29 is 4.79 Å². The molecule has 106 valence electrons. The second-order valence-corrected chi connectivity index (χ2v) is 6.74. The van der Waals surface area contributed by atoms with Gasteiger partial charge in [0.25, 0.3) is 0 Å². The molecule has 1 aliphatic rings. The zero-order valence-corrected chi connectivity index (χ0v) is 13.7. The molecule has 2 heterocycles. The van der Waals surface area contributed by atoms with Crippen LogP contribution in [0.25, 0.3) is 10.2 Å². The molecule has 0 atom stereocenters. The SMILES string of the molecule is CCN1CN(C)CN(c2nc3ccc(Br)cc3s2)C1=O. The number of aromatic nitrogens is 1. The Bertz CT molecular complexity index is 659. The first-order valence-electron chi connectivity index (χ1n) is 6.39. The molecule has 0 unspecified atom stereocenters. The van der Waals surface area contributed by atoms with Gasteiger partial charge in [-0.25, -0.2) is 9.78 Å². The van der Waals surface area contributed by atoms with E-state index in [1.165, 1.54) is 0 Å². The number of anilines is 1. The lowest BCUT2D eigenvalue weighted by atomic mass is 10.3. The molecular weight excluding hydrogens is 340 g/mol. The highest BCUT2D eigenvalue weighted by atomic mass is 79.9. The summed E-state index contributed by atoms with van der Waals surface area (Å²) in [5.74, 6) is 0. The molecule has 1 aromatic heterocycles. The van der Waals surface area contributed by atoms with E-state index < -0.39 is 0 Å². The summed E-state index contributed by atoms with van der Waals surface area (Å²) in [4.78, 5) is 22.7. The molecule has 0 bridgehead atoms. The summed E-state index contributed by atoms with van der Waals surface area (Å²) in [5, 5.41) is 0.758. The average Bonchev–Trinajstić information content (AvgIpc) is 2.83. The second kappa shape index (κ2) is 5.31. The van der Waals surface area contributed by atoms with Crippen LogP contribution in [0.15, 0.2) is 22.7 Å². The number of fused-ring (bicyclic) bond motifs is 1. The van der Waals surface area contributed by atoms with E-state index in [1.54, 1.807) is 16.2 Å². The van der Waals surface area contributed by atoms with Crippen LogP contribution in [0.2, 0.25) is 0 Å². The topological polar surface area (TPSA) is 39.7 Å². The van der Waals surface area contributed by atoms with Crippen LogP contribution in [-0.2, 0) is 0 Å². The molecule has 5 nitrogen and oxygen atoms in total. The van der Waals surface area contributed by atoms with Crippen LogP contribution in [0.4, 0.5) is 9.93 Å². The van der Waals surface area contributed by atoms with Crippen LogP contribution in [0.3, 0.4) is 0 Å². The summed E-state index contributed by atoms with van der Waals surface area (Å²) in [6, 6.07) is 6.00. The first-order chi connectivity index (χ1) is 9.58. The number of halogens is 1. The van der Waals surface area contributed by atoms with Gasteiger partial charge in [0.1, 0.15) is 0 Å². The van der Waals surface area contributed by atoms with Gasteiger partial charge in [0.2, 0.25) is 0 Å². The van der Waals surface area contributed by atoms with Crippen molar-refractivity contribution in [3.8, 4) is 0 Å². The van der Waals surface area contributed by atoms with Crippen LogP contribution in [0.5, 0.6) is 0 Å². The van der Waals surface area contributed by atoms with Crippen molar-refractivity contribution in [3.63, 3.8) is 0 Å². The fraction of sp³-hybridized carbons (Fsp3) is 0.385. The third-order valence-corrected chi connectivity index (χ3v) is 4.78. The predicted molar refractivity (Wildman–Crippen MR) is 85.1 cm³/mol. The largest absolute Gasteiger partial charge is 0.328 e. The molecule has 3 rings (SSSR count). The Kier molecular flexibility index (Phi) is 3.66. The van der Waals surface area contributed by atoms with Gasteiger partial charge in [0.05, 0.1) is 23.6 Å². The lowest BCUT2D eigenvalue weighted by Gasteiger charge is -2.38. The minimum atomic E-state index is 0.0312. The third kappa shape index (κ3) is 2.41. The number of hydrogen-bond donors (Lipinski definition) is 0. The highest BCUT2D eigenvalue weighted by Crippen LogP contribution is 2.32. The maximum absolute atomic E-state index is 12.4. The molecule has 20 heavy (non-hydrogen) atoms. The van der Waals surface area contributed by atoms with E-state index >= 15 is 0 Å². The lowest BCUT2D eigenvalue weighted by molar-refractivity contribution is 0.136. The van der Waals surface area contributed by atoms with Crippen molar-refractivity contribution in [2.45, 2.75) is 6.92 Å². The van der Waals surface area contributed by atoms with Gasteiger partial charge in [-0.15, -0.1) is 0 Å². The van der Waals surface area contributed by atoms with Crippen LogP contribution < -0.4 is 4.90 Å². The van der Waals surface area contributed by atoms with E-state index in [1.807, 2.05) is 37.1 Å². The Labute approximate surface area is 129 Å². The number of hydrogen-bond acceptors (Lipinski definition) is 4. The Morgan fingerprint density at radius 2 is 2.20 bits per heavy atom. The van der Waals surface area contributed by atoms with E-state index in [9.17, 15) is 4.79 Å². The fourth-order valence-corrected chi connectivity index (χ4v) is 3.75. The van der Waals surface area contributed by atoms with Crippen molar-refractivity contribution in [1.29, 1.82) is 0 Å². The second-order valence-electron chi connectivity index (χ2n) is 4.81. The van der Waals surface area contributed by atoms with Gasteiger partial charge in [-0.2, -0.15) is 0 Å². The molecule has 0 spiro atoms. The number of carbonyl (C=O) groups is 1. The first kappa shape index (κ1) is 13.8. The van der Waals surface area contributed by atoms with Crippen molar-refractivity contribution in [1.82, 2.24) is 14.8 Å². The van der Waals surface area contributed by atoms with E-state index in [0.717, 1.165) is 19.8 Å². The number of benzene rings is 1. The maximum Gasteiger partial charge on any atom is 0.328 e. The number of carbonyl (C=O) groups excluding carboxylic acids is 1. The smallest absolute Gasteiger partial charge is 0.312 e. The van der Waals surface area contributed by atoms with Gasteiger partial charge in [-0.1, -0.05) is 27.3 Å². The Morgan fingerprint density at radius 1 is 1.40 bits per heavy atom. The normalized spacial score (nSPS) is 17.2. The highest BCUT2D eigenvalue weighted by molar-refractivity contribution is 9.10. The zero-order valence-electron chi connectivity index (χ0n) is 11.3. The van der Waals surface area contributed by atoms with Gasteiger partial charge >= 0.3 is 6.03 Å². The molecule has 2 amide bonds. The first-order valence-corrected chi connectivity index (χ1v) is 8.00. The minimum Gasteiger partial charge on any atom is -0.312 e. The highest BCUT2D eigenvalue weighted by Gasteiger charge is 2.30. The Hall–Kier alpha value is -1.18. The molecular formula is C13H15BrN4OS. The molecule has 1 aliphatic heterocycles. The van der Waals surface area contributed by atoms with Gasteiger partial charge in [0.15, 0.2) is 5.13 Å². The number of urea groups is 1. The summed E-state index contributed by atoms with van der Waals surface area (Å²) in [6.45, 7) is 3.94. The zero-order chi connectivity index (χ0) is 14.3. The van der Waals surface area contributed by atoms with Crippen LogP contribution in [-0.4, -0.2) is 47.7 Å². The third-order valence-electron chi connectivity index (χ3n) is 3.25. The fourth-order valence-electron chi connectivity index (χ4n) is 2.25. The molecule has 1 aromatic carbocycles. The van der Waals surface area contributed by atoms with Gasteiger partial charge in [0, 0.05) is 11.0 Å². The molecule has 0 aliphatic carbocycles. The number of thiazole rings is 1. The molecule has 0 radical (unpaired) electrons. The summed E-state index contributed by atoms with van der Waals surface area (Å²) in [7, 11) is 2.01. The molecule has 1 fully saturated rings. The molecule has 2 aromatic rings. The summed E-state index contributed by atoms with van der Waals surface area (Å²) in [6.07, 6.45) is 0. The summed E-state index contributed by atoms with van der Waals surface area (Å²) >= 11 is 5.01. The molecule has 0 saturated carbocycles. The Morgan fingerprint density at radius 3 is 2.95 bits per heavy atom. The van der Waals surface area contributed by atoms with Crippen LogP contribution in [0.1, 0.15) is 6.92 Å². The van der Waals surface area contributed by atoms with Crippen LogP contribution >= 0.6 is 27.3 Å². The molecule has 7 heteroatoms. The number of amides is 2. The van der Waals surface area contributed by atoms with E-state index in [0.29, 0.717) is 19.9 Å². The van der Waals surface area contributed by atoms with Crippen LogP contribution in [0, 0.1) is 0 Å². The van der Waals surface area contributed by atoms with Gasteiger partial charge in [-0.3, -0.25) is 9.80 Å². The van der Waals surface area contributed by atoms with E-state index in [2.05, 4.69) is 25.8 Å². The standard InChI is InChI=1S/C13H15BrN4OS/c1-3-17-7-16(2)8-18(13(17)19)12-15-10-5-4-9(14)6-11(10)20-12/h4-6H,3,7-8H2,1-2H3. The van der Waals surface area contributed by atoms with Gasteiger partial charge < -0.3 is 4.90 Å². The van der Waals surface area contributed by atoms with E-state index in [4.69, 9.17) is 0 Å². The average molecular weight is 355 g/mol. The molecule has 1 saturated heterocycles. The van der Waals surface area contributed by atoms with Crippen molar-refractivity contribution in [3.05, 3.63) is 22.7 Å². The quantitative estimate of drug-likeness (QED) is 0.831. The maximum atomic E-state index is 12.4. The predicted octanol–water partition coefficient (Wildman–Crippen LogP) is 3.17. The number of rotatable bonds is 2. The van der Waals surface area contributed by atoms with E-state index in [-0.39, 0.29) is 6.03 Å². The Balaban J connectivity index is 1.98. The lowest BCUT2D eigenvalue weighted by Crippen LogP contribution is -2.56. The number of nitrogens with zero attached hydrogens (tertiary/aromatic N) is 4. The molecule has 0 N–H and O–H groups in total. The minimum absolute atomic E-state index is 0.0312. The summed E-state index contributed by atoms with van der Waals surface area (Å²) in [5.41, 5.74) is 0.928. The van der Waals surface area contributed by atoms with Crippen molar-refractivity contribution in [2.75, 3.05) is 31.8 Å². The summed E-state index contributed by atoms with van der Waals surface area (Å²) < 4.78 is 2.11. The monoisotopic (exact) mass is 354 g/mol. The van der Waals surface area contributed by atoms with Crippen molar-refractivity contribution >= 4 is 48.6 Å².